The van der Waals surface area contributed by atoms with Gasteiger partial charge in [0.25, 0.3) is 11.8 Å². The van der Waals surface area contributed by atoms with E-state index in [-0.39, 0.29) is 11.8 Å². The van der Waals surface area contributed by atoms with Crippen LogP contribution in [0.4, 0.5) is 11.4 Å². The summed E-state index contributed by atoms with van der Waals surface area (Å²) >= 11 is 6.11. The number of halogens is 1. The molecule has 0 aromatic heterocycles. The number of rotatable bonds is 6. The predicted molar refractivity (Wildman–Crippen MR) is 130 cm³/mol. The van der Waals surface area contributed by atoms with E-state index in [2.05, 4.69) is 10.6 Å². The maximum absolute atomic E-state index is 12.6. The second kappa shape index (κ2) is 9.88. The molecule has 1 atom stereocenters. The monoisotopic (exact) mass is 450 g/mol. The summed E-state index contributed by atoms with van der Waals surface area (Å²) in [4.78, 5) is 25.2. The largest absolute Gasteiger partial charge is 0.481 e. The fourth-order valence-electron chi connectivity index (χ4n) is 3.48. The first-order valence-corrected chi connectivity index (χ1v) is 10.8. The van der Waals surface area contributed by atoms with E-state index < -0.39 is 6.10 Å². The van der Waals surface area contributed by atoms with E-state index in [1.165, 1.54) is 0 Å². The highest BCUT2D eigenvalue weighted by molar-refractivity contribution is 6.31. The molecule has 5 nitrogen and oxygen atoms in total. The standard InChI is InChI=1S/C26H27ClN2O3/c1-15-13-16(2)24(17(3)14-15)29-25(30)19(5)32-21-11-9-20(10-12-21)26(31)28-23-8-6-7-22(27)18(23)4/h6-14,19H,1-5H3,(H,28,31)(H,29,30). The van der Waals surface area contributed by atoms with Crippen molar-refractivity contribution in [1.29, 1.82) is 0 Å². The molecule has 166 valence electrons. The number of carbonyl (C=O) groups excluding carboxylic acids is 2. The van der Waals surface area contributed by atoms with Crippen molar-refractivity contribution in [1.82, 2.24) is 0 Å². The van der Waals surface area contributed by atoms with Gasteiger partial charge in [0.15, 0.2) is 6.10 Å². The topological polar surface area (TPSA) is 67.4 Å². The first-order valence-electron chi connectivity index (χ1n) is 10.4. The highest BCUT2D eigenvalue weighted by Gasteiger charge is 2.17. The Morgan fingerprint density at radius 2 is 1.53 bits per heavy atom. The van der Waals surface area contributed by atoms with Crippen molar-refractivity contribution in [3.05, 3.63) is 87.4 Å². The average Bonchev–Trinajstić information content (AvgIpc) is 2.74. The zero-order chi connectivity index (χ0) is 23.4. The lowest BCUT2D eigenvalue weighted by molar-refractivity contribution is -0.122. The first-order chi connectivity index (χ1) is 15.2. The van der Waals surface area contributed by atoms with Crippen LogP contribution in [-0.4, -0.2) is 17.9 Å². The third kappa shape index (κ3) is 5.48. The van der Waals surface area contributed by atoms with Gasteiger partial charge in [-0.25, -0.2) is 0 Å². The predicted octanol–water partition coefficient (Wildman–Crippen LogP) is 6.23. The molecule has 3 aromatic rings. The Morgan fingerprint density at radius 3 is 2.16 bits per heavy atom. The Kier molecular flexibility index (Phi) is 7.21. The van der Waals surface area contributed by atoms with Crippen LogP contribution in [0.2, 0.25) is 5.02 Å². The number of hydrogen-bond donors (Lipinski definition) is 2. The average molecular weight is 451 g/mol. The summed E-state index contributed by atoms with van der Waals surface area (Å²) in [5.41, 5.74) is 5.91. The Morgan fingerprint density at radius 1 is 0.906 bits per heavy atom. The van der Waals surface area contributed by atoms with Gasteiger partial charge in [-0.1, -0.05) is 35.4 Å². The Balaban J connectivity index is 1.63. The third-order valence-corrected chi connectivity index (χ3v) is 5.65. The molecule has 3 aromatic carbocycles. The van der Waals surface area contributed by atoms with Gasteiger partial charge in [0.1, 0.15) is 5.75 Å². The number of ether oxygens (including phenoxy) is 1. The van der Waals surface area contributed by atoms with Crippen molar-refractivity contribution in [2.75, 3.05) is 10.6 Å². The molecular formula is C26H27ClN2O3. The zero-order valence-corrected chi connectivity index (χ0v) is 19.6. The Bertz CT molecular complexity index is 1130. The number of nitrogens with one attached hydrogen (secondary N) is 2. The van der Waals surface area contributed by atoms with Crippen molar-refractivity contribution in [2.45, 2.75) is 40.7 Å². The summed E-state index contributed by atoms with van der Waals surface area (Å²) in [6, 6.07) is 16.1. The molecule has 0 saturated heterocycles. The van der Waals surface area contributed by atoms with Gasteiger partial charge >= 0.3 is 0 Å². The van der Waals surface area contributed by atoms with Crippen LogP contribution < -0.4 is 15.4 Å². The van der Waals surface area contributed by atoms with Gasteiger partial charge < -0.3 is 15.4 Å². The van der Waals surface area contributed by atoms with Gasteiger partial charge in [-0.15, -0.1) is 0 Å². The molecule has 0 spiro atoms. The van der Waals surface area contributed by atoms with Gasteiger partial charge in [0.2, 0.25) is 0 Å². The van der Waals surface area contributed by atoms with E-state index >= 15 is 0 Å². The molecule has 0 aliphatic carbocycles. The molecule has 0 heterocycles. The molecule has 2 N–H and O–H groups in total. The summed E-state index contributed by atoms with van der Waals surface area (Å²) < 4.78 is 5.78. The van der Waals surface area contributed by atoms with Gasteiger partial charge in [0, 0.05) is 22.0 Å². The van der Waals surface area contributed by atoms with Gasteiger partial charge in [-0.3, -0.25) is 9.59 Å². The van der Waals surface area contributed by atoms with Crippen molar-refractivity contribution in [2.24, 2.45) is 0 Å². The quantitative estimate of drug-likeness (QED) is 0.467. The minimum absolute atomic E-state index is 0.238. The number of aryl methyl sites for hydroxylation is 3. The molecule has 0 saturated carbocycles. The van der Waals surface area contributed by atoms with Gasteiger partial charge in [-0.2, -0.15) is 0 Å². The van der Waals surface area contributed by atoms with Crippen molar-refractivity contribution in [3.63, 3.8) is 0 Å². The van der Waals surface area contributed by atoms with Gasteiger partial charge in [-0.05, 0) is 87.7 Å². The molecule has 6 heteroatoms. The second-order valence-corrected chi connectivity index (χ2v) is 8.32. The van der Waals surface area contributed by atoms with Gasteiger partial charge in [0.05, 0.1) is 0 Å². The van der Waals surface area contributed by atoms with E-state index in [9.17, 15) is 9.59 Å². The number of benzene rings is 3. The first kappa shape index (κ1) is 23.4. The SMILES string of the molecule is Cc1cc(C)c(NC(=O)C(C)Oc2ccc(C(=O)Nc3cccc(Cl)c3C)cc2)c(C)c1. The number of carbonyl (C=O) groups is 2. The third-order valence-electron chi connectivity index (χ3n) is 5.24. The lowest BCUT2D eigenvalue weighted by Crippen LogP contribution is -2.30. The van der Waals surface area contributed by atoms with E-state index in [0.29, 0.717) is 22.0 Å². The molecule has 32 heavy (non-hydrogen) atoms. The number of amides is 2. The molecule has 0 aliphatic heterocycles. The van der Waals surface area contributed by atoms with E-state index in [1.807, 2.05) is 39.8 Å². The van der Waals surface area contributed by atoms with Crippen LogP contribution in [0.5, 0.6) is 5.75 Å². The van der Waals surface area contributed by atoms with E-state index in [0.717, 1.165) is 27.9 Å². The van der Waals surface area contributed by atoms with Crippen LogP contribution >= 0.6 is 11.6 Å². The maximum Gasteiger partial charge on any atom is 0.265 e. The van der Waals surface area contributed by atoms with Crippen molar-refractivity contribution < 1.29 is 14.3 Å². The molecule has 3 rings (SSSR count). The molecule has 0 aliphatic rings. The summed E-state index contributed by atoms with van der Waals surface area (Å²) in [5.74, 6) is 0.0109. The normalized spacial score (nSPS) is 11.6. The molecule has 0 fully saturated rings. The highest BCUT2D eigenvalue weighted by Crippen LogP contribution is 2.25. The molecule has 2 amide bonds. The zero-order valence-electron chi connectivity index (χ0n) is 18.9. The van der Waals surface area contributed by atoms with Crippen LogP contribution in [0.1, 0.15) is 39.5 Å². The van der Waals surface area contributed by atoms with Crippen molar-refractivity contribution in [3.8, 4) is 5.75 Å². The summed E-state index contributed by atoms with van der Waals surface area (Å²) in [6.45, 7) is 9.50. The fourth-order valence-corrected chi connectivity index (χ4v) is 3.66. The molecule has 1 unspecified atom stereocenters. The molecule has 0 radical (unpaired) electrons. The molecular weight excluding hydrogens is 424 g/mol. The fraction of sp³-hybridized carbons (Fsp3) is 0.231. The minimum Gasteiger partial charge on any atom is -0.481 e. The number of hydrogen-bond acceptors (Lipinski definition) is 3. The van der Waals surface area contributed by atoms with Crippen molar-refractivity contribution >= 4 is 34.8 Å². The number of anilines is 2. The summed E-state index contributed by atoms with van der Waals surface area (Å²) in [7, 11) is 0. The lowest BCUT2D eigenvalue weighted by Gasteiger charge is -2.18. The van der Waals surface area contributed by atoms with E-state index in [1.54, 1.807) is 49.4 Å². The maximum atomic E-state index is 12.6. The second-order valence-electron chi connectivity index (χ2n) is 7.91. The van der Waals surface area contributed by atoms with Crippen LogP contribution in [0.25, 0.3) is 0 Å². The smallest absolute Gasteiger partial charge is 0.265 e. The van der Waals surface area contributed by atoms with Crippen LogP contribution in [-0.2, 0) is 4.79 Å². The minimum atomic E-state index is -0.705. The molecule has 0 bridgehead atoms. The summed E-state index contributed by atoms with van der Waals surface area (Å²) in [5, 5.41) is 6.41. The van der Waals surface area contributed by atoms with Crippen LogP contribution in [0.3, 0.4) is 0 Å². The van der Waals surface area contributed by atoms with Crippen LogP contribution in [0.15, 0.2) is 54.6 Å². The highest BCUT2D eigenvalue weighted by atomic mass is 35.5. The Labute approximate surface area is 193 Å². The summed E-state index contributed by atoms with van der Waals surface area (Å²) in [6.07, 6.45) is -0.705. The lowest BCUT2D eigenvalue weighted by atomic mass is 10.0. The van der Waals surface area contributed by atoms with E-state index in [4.69, 9.17) is 16.3 Å². The van der Waals surface area contributed by atoms with Crippen LogP contribution in [0, 0.1) is 27.7 Å². The Hall–Kier alpha value is -3.31.